The third kappa shape index (κ3) is 2.76. The van der Waals surface area contributed by atoms with Crippen LogP contribution in [-0.2, 0) is 24.1 Å². The average molecular weight is 519 g/mol. The lowest BCUT2D eigenvalue weighted by molar-refractivity contribution is -0.146. The van der Waals surface area contributed by atoms with E-state index in [-0.39, 0.29) is 0 Å². The molecule has 0 unspecified atom stereocenters. The third-order valence-electron chi connectivity index (χ3n) is 8.16. The van der Waals surface area contributed by atoms with E-state index in [1.54, 1.807) is 13.0 Å². The summed E-state index contributed by atoms with van der Waals surface area (Å²) in [6.45, 7) is 5.51. The van der Waals surface area contributed by atoms with Gasteiger partial charge in [0.15, 0.2) is 0 Å². The molecule has 3 aromatic carbocycles. The number of anilines is 1. The van der Waals surface area contributed by atoms with E-state index >= 15 is 0 Å². The Balaban J connectivity index is 1.43. The zero-order valence-electron chi connectivity index (χ0n) is 20.0. The minimum absolute atomic E-state index is 0.451. The molecule has 1 N–H and O–H groups in total. The van der Waals surface area contributed by atoms with Crippen LogP contribution in [0.2, 0.25) is 0 Å². The summed E-state index contributed by atoms with van der Waals surface area (Å²) in [4.78, 5) is 39.8. The lowest BCUT2D eigenvalue weighted by Gasteiger charge is -2.54. The van der Waals surface area contributed by atoms with Crippen LogP contribution in [0, 0.1) is 25.7 Å². The Labute approximate surface area is 219 Å². The Morgan fingerprint density at radius 2 is 1.25 bits per heavy atom. The van der Waals surface area contributed by atoms with Crippen molar-refractivity contribution >= 4 is 46.6 Å². The minimum atomic E-state index is -1.26. The molecule has 0 saturated carbocycles. The van der Waals surface area contributed by atoms with Crippen LogP contribution in [0.15, 0.2) is 66.7 Å². The summed E-state index contributed by atoms with van der Waals surface area (Å²) in [6, 6.07) is 19.5. The molecule has 3 atom stereocenters. The first-order valence-electron chi connectivity index (χ1n) is 11.9. The number of rotatable bonds is 3. The van der Waals surface area contributed by atoms with Gasteiger partial charge in [-0.15, -0.1) is 23.2 Å². The highest BCUT2D eigenvalue weighted by Gasteiger charge is 2.73. The molecule has 0 radical (unpaired) electrons. The highest BCUT2D eigenvalue weighted by Crippen LogP contribution is 2.69. The normalized spacial score (nSPS) is 28.4. The number of likely N-dealkylation sites (tertiary alicyclic amines) is 1. The number of alkyl halides is 2. The first-order chi connectivity index (χ1) is 17.1. The zero-order valence-corrected chi connectivity index (χ0v) is 21.5. The van der Waals surface area contributed by atoms with E-state index in [2.05, 4.69) is 5.32 Å². The van der Waals surface area contributed by atoms with E-state index in [1.165, 1.54) is 0 Å². The van der Waals surface area contributed by atoms with Gasteiger partial charge in [0.2, 0.25) is 17.7 Å². The fraction of sp³-hybridized carbons (Fsp3) is 0.276. The maximum absolute atomic E-state index is 14.0. The Hall–Kier alpha value is -3.15. The van der Waals surface area contributed by atoms with Crippen LogP contribution in [0.1, 0.15) is 40.3 Å². The van der Waals surface area contributed by atoms with Crippen molar-refractivity contribution in [2.75, 3.05) is 5.32 Å². The molecule has 1 aliphatic heterocycles. The fourth-order valence-electron chi connectivity index (χ4n) is 6.25. The number of halogens is 2. The van der Waals surface area contributed by atoms with Gasteiger partial charge in [0.25, 0.3) is 0 Å². The van der Waals surface area contributed by atoms with Gasteiger partial charge in [-0.1, -0.05) is 54.6 Å². The van der Waals surface area contributed by atoms with Crippen molar-refractivity contribution < 1.29 is 14.4 Å². The van der Waals surface area contributed by atoms with Crippen LogP contribution in [0.25, 0.3) is 0 Å². The van der Waals surface area contributed by atoms with Gasteiger partial charge in [-0.2, -0.15) is 0 Å². The van der Waals surface area contributed by atoms with Gasteiger partial charge in [0.1, 0.15) is 15.8 Å². The van der Waals surface area contributed by atoms with E-state index in [9.17, 15) is 14.4 Å². The molecule has 5 nitrogen and oxygen atoms in total. The lowest BCUT2D eigenvalue weighted by atomic mass is 9.54. The third-order valence-corrected chi connectivity index (χ3v) is 9.45. The number of carbonyl (C=O) groups is 3. The van der Waals surface area contributed by atoms with Gasteiger partial charge in [-0.05, 0) is 66.3 Å². The van der Waals surface area contributed by atoms with Crippen LogP contribution in [0.3, 0.4) is 0 Å². The van der Waals surface area contributed by atoms with Crippen molar-refractivity contribution in [3.05, 3.63) is 100 Å². The highest BCUT2D eigenvalue weighted by atomic mass is 35.5. The number of carbonyl (C=O) groups excluding carboxylic acids is 3. The molecule has 3 aromatic rings. The maximum Gasteiger partial charge on any atom is 0.247 e. The van der Waals surface area contributed by atoms with Crippen molar-refractivity contribution in [3.63, 3.8) is 0 Å². The summed E-state index contributed by atoms with van der Waals surface area (Å²) in [5.74, 6) is -3.25. The monoisotopic (exact) mass is 518 g/mol. The minimum Gasteiger partial charge on any atom is -0.324 e. The fourth-order valence-corrected chi connectivity index (χ4v) is 7.35. The summed E-state index contributed by atoms with van der Waals surface area (Å²) in [5, 5.41) is 2.85. The van der Waals surface area contributed by atoms with Gasteiger partial charge >= 0.3 is 0 Å². The summed E-state index contributed by atoms with van der Waals surface area (Å²) < 4.78 is 0. The molecule has 1 heterocycles. The van der Waals surface area contributed by atoms with E-state index in [4.69, 9.17) is 23.2 Å². The number of imide groups is 1. The number of hydrogen-bond donors (Lipinski definition) is 1. The summed E-state index contributed by atoms with van der Waals surface area (Å²) in [7, 11) is 0. The molecule has 4 aliphatic rings. The lowest BCUT2D eigenvalue weighted by Crippen LogP contribution is -2.57. The Morgan fingerprint density at radius 3 is 1.67 bits per heavy atom. The zero-order chi connectivity index (χ0) is 25.6. The second-order valence-electron chi connectivity index (χ2n) is 9.98. The van der Waals surface area contributed by atoms with E-state index in [1.807, 2.05) is 74.5 Å². The second-order valence-corrected chi connectivity index (χ2v) is 11.2. The Kier molecular flexibility index (Phi) is 4.96. The molecule has 2 bridgehead atoms. The van der Waals surface area contributed by atoms with Crippen molar-refractivity contribution in [1.29, 1.82) is 0 Å². The smallest absolute Gasteiger partial charge is 0.247 e. The molecule has 3 amide bonds. The van der Waals surface area contributed by atoms with Crippen LogP contribution >= 0.6 is 23.2 Å². The molecule has 0 spiro atoms. The molecule has 1 fully saturated rings. The first kappa shape index (κ1) is 23.3. The number of aryl methyl sites for hydroxylation is 2. The van der Waals surface area contributed by atoms with Crippen molar-refractivity contribution in [2.24, 2.45) is 11.8 Å². The predicted octanol–water partition coefficient (Wildman–Crippen LogP) is 5.22. The van der Waals surface area contributed by atoms with Crippen LogP contribution in [-0.4, -0.2) is 28.7 Å². The summed E-state index contributed by atoms with van der Waals surface area (Å²) >= 11 is 14.9. The molecular formula is C29H24Cl2N2O3. The van der Waals surface area contributed by atoms with Gasteiger partial charge in [-0.25, -0.2) is 0 Å². The Bertz CT molecular complexity index is 1360. The predicted molar refractivity (Wildman–Crippen MR) is 139 cm³/mol. The van der Waals surface area contributed by atoms with Crippen molar-refractivity contribution in [2.45, 2.75) is 36.6 Å². The largest absolute Gasteiger partial charge is 0.324 e. The average Bonchev–Trinajstić information content (AvgIpc) is 3.15. The molecule has 182 valence electrons. The number of amides is 3. The summed E-state index contributed by atoms with van der Waals surface area (Å²) in [5.41, 5.74) is 5.67. The highest BCUT2D eigenvalue weighted by molar-refractivity contribution is 6.36. The Morgan fingerprint density at radius 1 is 0.806 bits per heavy atom. The maximum atomic E-state index is 14.0. The van der Waals surface area contributed by atoms with Crippen LogP contribution < -0.4 is 5.32 Å². The molecule has 3 aliphatic carbocycles. The van der Waals surface area contributed by atoms with Gasteiger partial charge in [0, 0.05) is 5.69 Å². The first-order valence-corrected chi connectivity index (χ1v) is 12.7. The quantitative estimate of drug-likeness (QED) is 0.381. The number of nitrogens with one attached hydrogen (secondary N) is 1. The van der Waals surface area contributed by atoms with Crippen LogP contribution in [0.4, 0.5) is 5.69 Å². The van der Waals surface area contributed by atoms with E-state index < -0.39 is 45.3 Å². The molecule has 36 heavy (non-hydrogen) atoms. The number of nitrogens with zero attached hydrogens (tertiary/aromatic N) is 1. The summed E-state index contributed by atoms with van der Waals surface area (Å²) in [6.07, 6.45) is 0. The van der Waals surface area contributed by atoms with E-state index in [0.717, 1.165) is 38.3 Å². The van der Waals surface area contributed by atoms with Crippen molar-refractivity contribution in [3.8, 4) is 0 Å². The standard InChI is InChI=1S/C29H24Cl2N2O3/c1-15-12-13-18(14-16(15)2)32-25(34)17(3)33-26(35)23-24(27(33)36)29(31)20-9-5-4-8-19(20)28(23,30)21-10-6-7-11-22(21)29/h4-14,17,23-24H,1-3H3,(H,32,34)/t17-,23+,24+,28?,29?/m0/s1. The van der Waals surface area contributed by atoms with E-state index in [0.29, 0.717) is 5.69 Å². The molecule has 0 aromatic heterocycles. The van der Waals surface area contributed by atoms with Crippen molar-refractivity contribution in [1.82, 2.24) is 4.90 Å². The molecule has 7 rings (SSSR count). The molecule has 1 saturated heterocycles. The number of benzene rings is 3. The SMILES string of the molecule is Cc1ccc(NC(=O)[C@H](C)N2C(=O)[C@H]3[C@H](C2=O)C2(Cl)c4ccccc4C3(Cl)c3ccccc32)cc1C. The molecule has 7 heteroatoms. The van der Waals surface area contributed by atoms with Gasteiger partial charge < -0.3 is 5.32 Å². The topological polar surface area (TPSA) is 66.5 Å². The van der Waals surface area contributed by atoms with Gasteiger partial charge in [-0.3, -0.25) is 19.3 Å². The second kappa shape index (κ2) is 7.67. The van der Waals surface area contributed by atoms with Gasteiger partial charge in [0.05, 0.1) is 11.8 Å². The number of hydrogen-bond acceptors (Lipinski definition) is 3. The van der Waals surface area contributed by atoms with Crippen LogP contribution in [0.5, 0.6) is 0 Å². The molecular weight excluding hydrogens is 495 g/mol.